The summed E-state index contributed by atoms with van der Waals surface area (Å²) in [5, 5.41) is 7.93. The molecular formula is C19H16F3N3O. The van der Waals surface area contributed by atoms with Gasteiger partial charge in [0.05, 0.1) is 24.1 Å². The number of nitrogens with one attached hydrogen (secondary N) is 1. The first kappa shape index (κ1) is 16.5. The fourth-order valence-electron chi connectivity index (χ4n) is 3.16. The van der Waals surface area contributed by atoms with E-state index in [0.29, 0.717) is 5.69 Å². The summed E-state index contributed by atoms with van der Waals surface area (Å²) in [5.41, 5.74) is 2.68. The first-order valence-electron chi connectivity index (χ1n) is 8.15. The predicted molar refractivity (Wildman–Crippen MR) is 92.7 cm³/mol. The van der Waals surface area contributed by atoms with Crippen LogP contribution < -0.4 is 10.1 Å². The summed E-state index contributed by atoms with van der Waals surface area (Å²) in [5.74, 6) is 1.55. The van der Waals surface area contributed by atoms with Crippen LogP contribution in [-0.4, -0.2) is 23.4 Å². The summed E-state index contributed by atoms with van der Waals surface area (Å²) < 4.78 is 45.3. The maximum Gasteiger partial charge on any atom is 0.416 e. The summed E-state index contributed by atoms with van der Waals surface area (Å²) in [6, 6.07) is 12.6. The number of fused-ring (bicyclic) bond motifs is 1. The molecule has 0 atom stereocenters. The number of hydrogen-bond acceptors (Lipinski definition) is 3. The summed E-state index contributed by atoms with van der Waals surface area (Å²) in [4.78, 5) is 0. The highest BCUT2D eigenvalue weighted by Gasteiger charge is 2.30. The van der Waals surface area contributed by atoms with Gasteiger partial charge in [-0.3, -0.25) is 0 Å². The van der Waals surface area contributed by atoms with Crippen molar-refractivity contribution in [3.63, 3.8) is 0 Å². The highest BCUT2D eigenvalue weighted by molar-refractivity contribution is 5.73. The number of halogens is 3. The van der Waals surface area contributed by atoms with Gasteiger partial charge in [0, 0.05) is 17.7 Å². The van der Waals surface area contributed by atoms with Gasteiger partial charge in [-0.2, -0.15) is 18.3 Å². The van der Waals surface area contributed by atoms with E-state index in [1.807, 2.05) is 24.3 Å². The van der Waals surface area contributed by atoms with E-state index in [2.05, 4.69) is 10.4 Å². The van der Waals surface area contributed by atoms with Gasteiger partial charge in [-0.1, -0.05) is 12.1 Å². The van der Waals surface area contributed by atoms with E-state index in [0.717, 1.165) is 53.5 Å². The van der Waals surface area contributed by atoms with Crippen LogP contribution in [0.2, 0.25) is 0 Å². The Morgan fingerprint density at radius 2 is 1.88 bits per heavy atom. The molecule has 1 aliphatic rings. The zero-order valence-corrected chi connectivity index (χ0v) is 14.0. The number of ether oxygens (including phenoxy) is 1. The number of alkyl halides is 3. The van der Waals surface area contributed by atoms with Crippen molar-refractivity contribution >= 4 is 5.82 Å². The van der Waals surface area contributed by atoms with Crippen molar-refractivity contribution in [3.05, 3.63) is 59.7 Å². The molecule has 0 saturated carbocycles. The maximum atomic E-state index is 12.8. The van der Waals surface area contributed by atoms with Crippen LogP contribution in [0.4, 0.5) is 19.0 Å². The smallest absolute Gasteiger partial charge is 0.416 e. The zero-order chi connectivity index (χ0) is 18.3. The molecule has 0 spiro atoms. The fourth-order valence-corrected chi connectivity index (χ4v) is 3.16. The maximum absolute atomic E-state index is 12.8. The van der Waals surface area contributed by atoms with Crippen LogP contribution in [-0.2, 0) is 12.6 Å². The SMILES string of the molecule is COc1cccc(-c2nn(-c3ccc(C(F)(F)F)cc3)c3c2CCN3)c1. The molecule has 1 aromatic heterocycles. The number of benzene rings is 2. The van der Waals surface area contributed by atoms with Crippen LogP contribution in [0.3, 0.4) is 0 Å². The highest BCUT2D eigenvalue weighted by Crippen LogP contribution is 2.36. The quantitative estimate of drug-likeness (QED) is 0.747. The molecule has 1 aliphatic heterocycles. The zero-order valence-electron chi connectivity index (χ0n) is 14.0. The highest BCUT2D eigenvalue weighted by atomic mass is 19.4. The normalized spacial score (nSPS) is 13.4. The van der Waals surface area contributed by atoms with Crippen molar-refractivity contribution in [2.24, 2.45) is 0 Å². The first-order valence-corrected chi connectivity index (χ1v) is 8.15. The minimum atomic E-state index is -4.35. The van der Waals surface area contributed by atoms with Crippen molar-refractivity contribution in [3.8, 4) is 22.7 Å². The van der Waals surface area contributed by atoms with Crippen LogP contribution in [0.5, 0.6) is 5.75 Å². The molecule has 7 heteroatoms. The third-order valence-electron chi connectivity index (χ3n) is 4.43. The Labute approximate surface area is 148 Å². The second-order valence-electron chi connectivity index (χ2n) is 6.04. The van der Waals surface area contributed by atoms with Gasteiger partial charge >= 0.3 is 6.18 Å². The van der Waals surface area contributed by atoms with Crippen molar-refractivity contribution in [2.45, 2.75) is 12.6 Å². The molecule has 134 valence electrons. The molecule has 0 amide bonds. The standard InChI is InChI=1S/C19H16F3N3O/c1-26-15-4-2-3-12(11-15)17-16-9-10-23-18(16)25(24-17)14-7-5-13(6-8-14)19(20,21)22/h2-8,11,23H,9-10H2,1H3. The van der Waals surface area contributed by atoms with Gasteiger partial charge < -0.3 is 10.1 Å². The average Bonchev–Trinajstić information content (AvgIpc) is 3.23. The molecule has 0 unspecified atom stereocenters. The predicted octanol–water partition coefficient (Wildman–Crippen LogP) is 4.53. The van der Waals surface area contributed by atoms with Gasteiger partial charge in [0.25, 0.3) is 0 Å². The molecule has 0 aliphatic carbocycles. The van der Waals surface area contributed by atoms with Crippen LogP contribution in [0.1, 0.15) is 11.1 Å². The Morgan fingerprint density at radius 3 is 2.58 bits per heavy atom. The number of nitrogens with zero attached hydrogens (tertiary/aromatic N) is 2. The fraction of sp³-hybridized carbons (Fsp3) is 0.211. The molecule has 4 rings (SSSR count). The molecule has 0 saturated heterocycles. The summed E-state index contributed by atoms with van der Waals surface area (Å²) in [6.07, 6.45) is -3.54. The molecule has 1 N–H and O–H groups in total. The molecule has 0 fully saturated rings. The van der Waals surface area contributed by atoms with Gasteiger partial charge in [0.15, 0.2) is 0 Å². The van der Waals surface area contributed by atoms with Crippen molar-refractivity contribution in [2.75, 3.05) is 19.0 Å². The Hall–Kier alpha value is -2.96. The first-order chi connectivity index (χ1) is 12.5. The molecule has 0 radical (unpaired) electrons. The number of methoxy groups -OCH3 is 1. The van der Waals surface area contributed by atoms with Gasteiger partial charge in [-0.25, -0.2) is 4.68 Å². The van der Waals surface area contributed by atoms with Gasteiger partial charge in [0.1, 0.15) is 11.6 Å². The molecule has 2 heterocycles. The average molecular weight is 359 g/mol. The van der Waals surface area contributed by atoms with Crippen molar-refractivity contribution in [1.29, 1.82) is 0 Å². The Morgan fingerprint density at radius 1 is 1.12 bits per heavy atom. The lowest BCUT2D eigenvalue weighted by Crippen LogP contribution is -2.07. The molecule has 2 aromatic carbocycles. The van der Waals surface area contributed by atoms with Crippen LogP contribution in [0.25, 0.3) is 16.9 Å². The van der Waals surface area contributed by atoms with Gasteiger partial charge in [-0.15, -0.1) is 0 Å². The van der Waals surface area contributed by atoms with E-state index in [1.54, 1.807) is 11.8 Å². The molecular weight excluding hydrogens is 343 g/mol. The Bertz CT molecular complexity index is 946. The molecule has 26 heavy (non-hydrogen) atoms. The van der Waals surface area contributed by atoms with Crippen LogP contribution in [0, 0.1) is 0 Å². The van der Waals surface area contributed by atoms with E-state index in [4.69, 9.17) is 4.74 Å². The van der Waals surface area contributed by atoms with Crippen molar-refractivity contribution < 1.29 is 17.9 Å². The van der Waals surface area contributed by atoms with E-state index in [1.165, 1.54) is 12.1 Å². The summed E-state index contributed by atoms with van der Waals surface area (Å²) in [6.45, 7) is 0.769. The van der Waals surface area contributed by atoms with Crippen LogP contribution in [0.15, 0.2) is 48.5 Å². The Balaban J connectivity index is 1.79. The second kappa shape index (κ2) is 6.09. The third kappa shape index (κ3) is 2.79. The number of anilines is 1. The van der Waals surface area contributed by atoms with Gasteiger partial charge in [0.2, 0.25) is 0 Å². The molecule has 0 bridgehead atoms. The molecule has 3 aromatic rings. The lowest BCUT2D eigenvalue weighted by Gasteiger charge is -2.09. The monoisotopic (exact) mass is 359 g/mol. The molecule has 4 nitrogen and oxygen atoms in total. The minimum absolute atomic E-state index is 0.581. The number of rotatable bonds is 3. The summed E-state index contributed by atoms with van der Waals surface area (Å²) in [7, 11) is 1.60. The van der Waals surface area contributed by atoms with E-state index < -0.39 is 11.7 Å². The van der Waals surface area contributed by atoms with Crippen LogP contribution >= 0.6 is 0 Å². The third-order valence-corrected chi connectivity index (χ3v) is 4.43. The topological polar surface area (TPSA) is 39.1 Å². The lowest BCUT2D eigenvalue weighted by atomic mass is 10.1. The Kier molecular flexibility index (Phi) is 3.86. The minimum Gasteiger partial charge on any atom is -0.497 e. The number of hydrogen-bond donors (Lipinski definition) is 1. The van der Waals surface area contributed by atoms with E-state index in [-0.39, 0.29) is 0 Å². The van der Waals surface area contributed by atoms with E-state index >= 15 is 0 Å². The number of aromatic nitrogens is 2. The van der Waals surface area contributed by atoms with Gasteiger partial charge in [-0.05, 0) is 42.8 Å². The van der Waals surface area contributed by atoms with Crippen molar-refractivity contribution in [1.82, 2.24) is 9.78 Å². The largest absolute Gasteiger partial charge is 0.497 e. The second-order valence-corrected chi connectivity index (χ2v) is 6.04. The lowest BCUT2D eigenvalue weighted by molar-refractivity contribution is -0.137. The van der Waals surface area contributed by atoms with E-state index in [9.17, 15) is 13.2 Å². The summed E-state index contributed by atoms with van der Waals surface area (Å²) >= 11 is 0.